The van der Waals surface area contributed by atoms with Crippen molar-refractivity contribution >= 4 is 0 Å². The summed E-state index contributed by atoms with van der Waals surface area (Å²) in [5.41, 5.74) is 4.55. The molecule has 1 heteroatoms. The number of hydrogen-bond acceptors (Lipinski definition) is 1. The summed E-state index contributed by atoms with van der Waals surface area (Å²) in [5.74, 6) is 0.494. The summed E-state index contributed by atoms with van der Waals surface area (Å²) in [4.78, 5) is 0. The van der Waals surface area contributed by atoms with Gasteiger partial charge in [0.1, 0.15) is 0 Å². The Bertz CT molecular complexity index is 341. The lowest BCUT2D eigenvalue weighted by Gasteiger charge is -2.15. The van der Waals surface area contributed by atoms with Gasteiger partial charge in [-0.05, 0) is 44.8 Å². The summed E-state index contributed by atoms with van der Waals surface area (Å²) in [6.45, 7) is 20.7. The molecule has 0 aliphatic rings. The maximum Gasteiger partial charge on any atom is 0.0298 e. The second-order valence-electron chi connectivity index (χ2n) is 5.25. The lowest BCUT2D eigenvalue weighted by Crippen LogP contribution is -2.21. The van der Waals surface area contributed by atoms with E-state index in [1.54, 1.807) is 0 Å². The highest BCUT2D eigenvalue weighted by Gasteiger charge is 2.04. The monoisotopic (exact) mass is 233 g/mol. The fourth-order valence-corrected chi connectivity index (χ4v) is 1.46. The van der Waals surface area contributed by atoms with Crippen LogP contribution in [0, 0.1) is 5.92 Å². The van der Waals surface area contributed by atoms with Gasteiger partial charge in [0, 0.05) is 11.7 Å². The Hall–Kier alpha value is -1.24. The van der Waals surface area contributed by atoms with Crippen molar-refractivity contribution in [2.75, 3.05) is 0 Å². The van der Waals surface area contributed by atoms with Crippen LogP contribution in [0.2, 0.25) is 0 Å². The second-order valence-corrected chi connectivity index (χ2v) is 5.25. The van der Waals surface area contributed by atoms with Crippen LogP contribution in [0.3, 0.4) is 0 Å². The van der Waals surface area contributed by atoms with Gasteiger partial charge in [-0.3, -0.25) is 0 Å². The van der Waals surface area contributed by atoms with E-state index in [4.69, 9.17) is 0 Å². The molecule has 0 spiro atoms. The predicted molar refractivity (Wildman–Crippen MR) is 78.9 cm³/mol. The minimum Gasteiger partial charge on any atom is -0.383 e. The summed E-state index contributed by atoms with van der Waals surface area (Å²) in [5, 5.41) is 3.33. The van der Waals surface area contributed by atoms with Crippen LogP contribution >= 0.6 is 0 Å². The van der Waals surface area contributed by atoms with Gasteiger partial charge in [0.15, 0.2) is 0 Å². The van der Waals surface area contributed by atoms with E-state index in [-0.39, 0.29) is 0 Å². The van der Waals surface area contributed by atoms with Gasteiger partial charge in [-0.25, -0.2) is 0 Å². The van der Waals surface area contributed by atoms with Crippen LogP contribution in [0.1, 0.15) is 41.5 Å². The van der Waals surface area contributed by atoms with E-state index in [1.807, 2.05) is 6.92 Å². The largest absolute Gasteiger partial charge is 0.383 e. The Morgan fingerprint density at radius 1 is 1.00 bits per heavy atom. The molecule has 0 bridgehead atoms. The van der Waals surface area contributed by atoms with Gasteiger partial charge < -0.3 is 5.32 Å². The number of rotatable bonds is 6. The first-order valence-electron chi connectivity index (χ1n) is 6.25. The Labute approximate surface area is 107 Å². The van der Waals surface area contributed by atoms with E-state index in [1.165, 1.54) is 11.1 Å². The van der Waals surface area contributed by atoms with Crippen molar-refractivity contribution in [3.05, 3.63) is 47.7 Å². The molecule has 0 amide bonds. The van der Waals surface area contributed by atoms with E-state index < -0.39 is 0 Å². The zero-order valence-corrected chi connectivity index (χ0v) is 12.2. The average molecular weight is 233 g/mol. The van der Waals surface area contributed by atoms with E-state index in [0.717, 1.165) is 11.3 Å². The van der Waals surface area contributed by atoms with Crippen molar-refractivity contribution in [3.63, 3.8) is 0 Å². The van der Waals surface area contributed by atoms with Crippen molar-refractivity contribution < 1.29 is 0 Å². The van der Waals surface area contributed by atoms with Crippen molar-refractivity contribution in [2.24, 2.45) is 5.92 Å². The van der Waals surface area contributed by atoms with Gasteiger partial charge in [0.2, 0.25) is 0 Å². The van der Waals surface area contributed by atoms with E-state index >= 15 is 0 Å². The molecule has 0 atom stereocenters. The molecule has 0 aromatic carbocycles. The SMILES string of the molecule is C=C(C)/C=C(\C=C(/C)C(=C)NC(C)C)C(C)C. The fourth-order valence-electron chi connectivity index (χ4n) is 1.46. The lowest BCUT2D eigenvalue weighted by molar-refractivity contribution is 0.675. The maximum absolute atomic E-state index is 4.06. The second kappa shape index (κ2) is 7.16. The maximum atomic E-state index is 4.06. The zero-order chi connectivity index (χ0) is 13.6. The molecule has 0 fully saturated rings. The van der Waals surface area contributed by atoms with Crippen LogP contribution in [-0.4, -0.2) is 6.04 Å². The van der Waals surface area contributed by atoms with Crippen molar-refractivity contribution in [1.29, 1.82) is 0 Å². The minimum atomic E-state index is 0.415. The first-order valence-corrected chi connectivity index (χ1v) is 6.25. The molecule has 0 heterocycles. The van der Waals surface area contributed by atoms with Crippen LogP contribution in [-0.2, 0) is 0 Å². The molecule has 17 heavy (non-hydrogen) atoms. The third-order valence-electron chi connectivity index (χ3n) is 2.40. The molecule has 0 unspecified atom stereocenters. The normalized spacial score (nSPS) is 13.2. The van der Waals surface area contributed by atoms with Crippen LogP contribution in [0.5, 0.6) is 0 Å². The molecular weight excluding hydrogens is 206 g/mol. The Morgan fingerprint density at radius 3 is 1.88 bits per heavy atom. The third-order valence-corrected chi connectivity index (χ3v) is 2.40. The van der Waals surface area contributed by atoms with Crippen LogP contribution in [0.15, 0.2) is 47.7 Å². The molecule has 0 aliphatic carbocycles. The zero-order valence-electron chi connectivity index (χ0n) is 12.2. The lowest BCUT2D eigenvalue weighted by atomic mass is 9.98. The number of hydrogen-bond donors (Lipinski definition) is 1. The van der Waals surface area contributed by atoms with Crippen LogP contribution < -0.4 is 5.32 Å². The number of nitrogens with one attached hydrogen (secondary N) is 1. The van der Waals surface area contributed by atoms with Gasteiger partial charge in [-0.2, -0.15) is 0 Å². The summed E-state index contributed by atoms with van der Waals surface area (Å²) < 4.78 is 0. The van der Waals surface area contributed by atoms with Crippen molar-refractivity contribution in [3.8, 4) is 0 Å². The molecule has 96 valence electrons. The molecular formula is C16H27N. The predicted octanol–water partition coefficient (Wildman–Crippen LogP) is 4.60. The topological polar surface area (TPSA) is 12.0 Å². The van der Waals surface area contributed by atoms with E-state index in [2.05, 4.69) is 65.2 Å². The highest BCUT2D eigenvalue weighted by molar-refractivity contribution is 5.37. The first kappa shape index (κ1) is 15.8. The van der Waals surface area contributed by atoms with Gasteiger partial charge in [-0.1, -0.05) is 44.7 Å². The quantitative estimate of drug-likeness (QED) is 0.661. The standard InChI is InChI=1S/C16H27N/c1-11(2)9-16(12(3)4)10-14(7)15(8)17-13(5)6/h9-10,12-13,17H,1,8H2,2-7H3/b14-10+,16-9+. The molecule has 0 saturated heterocycles. The van der Waals surface area contributed by atoms with Gasteiger partial charge in [-0.15, -0.1) is 0 Å². The highest BCUT2D eigenvalue weighted by atomic mass is 14.9. The molecule has 0 radical (unpaired) electrons. The Kier molecular flexibility index (Phi) is 6.64. The van der Waals surface area contributed by atoms with E-state index in [9.17, 15) is 0 Å². The fraction of sp³-hybridized carbons (Fsp3) is 0.500. The molecule has 1 nitrogen and oxygen atoms in total. The summed E-state index contributed by atoms with van der Waals surface area (Å²) >= 11 is 0. The third kappa shape index (κ3) is 6.83. The van der Waals surface area contributed by atoms with Gasteiger partial charge in [0.25, 0.3) is 0 Å². The van der Waals surface area contributed by atoms with Crippen molar-refractivity contribution in [2.45, 2.75) is 47.6 Å². The highest BCUT2D eigenvalue weighted by Crippen LogP contribution is 2.17. The van der Waals surface area contributed by atoms with Crippen LogP contribution in [0.25, 0.3) is 0 Å². The Morgan fingerprint density at radius 2 is 1.53 bits per heavy atom. The summed E-state index contributed by atoms with van der Waals surface area (Å²) in [6, 6.07) is 0.415. The minimum absolute atomic E-state index is 0.415. The molecule has 0 saturated carbocycles. The molecule has 0 aromatic heterocycles. The molecule has 1 N–H and O–H groups in total. The molecule has 0 rings (SSSR count). The summed E-state index contributed by atoms with van der Waals surface area (Å²) in [6.07, 6.45) is 4.33. The molecule has 0 aliphatic heterocycles. The Balaban J connectivity index is 4.95. The summed E-state index contributed by atoms with van der Waals surface area (Å²) in [7, 11) is 0. The smallest absolute Gasteiger partial charge is 0.0298 e. The van der Waals surface area contributed by atoms with Crippen molar-refractivity contribution in [1.82, 2.24) is 5.32 Å². The van der Waals surface area contributed by atoms with Gasteiger partial charge >= 0.3 is 0 Å². The average Bonchev–Trinajstić information content (AvgIpc) is 2.14. The number of allylic oxidation sites excluding steroid dienone is 5. The van der Waals surface area contributed by atoms with Gasteiger partial charge in [0.05, 0.1) is 0 Å². The molecule has 0 aromatic rings. The van der Waals surface area contributed by atoms with Crippen LogP contribution in [0.4, 0.5) is 0 Å². The first-order chi connectivity index (χ1) is 7.73. The van der Waals surface area contributed by atoms with E-state index in [0.29, 0.717) is 12.0 Å².